The minimum Gasteiger partial charge on any atom is -0.338 e. The standard InChI is InChI=1S/C21H23F2N3O/c22-16-3-6-18(7-4-16)25-13-14-26(19-8-5-17(23)15-20(19)25)21(27)9-12-24-10-1-2-11-24/h3-8,15H,1-2,9-14H2. The van der Waals surface area contributed by atoms with Gasteiger partial charge >= 0.3 is 0 Å². The number of rotatable bonds is 4. The molecule has 4 rings (SSSR count). The van der Waals surface area contributed by atoms with Crippen LogP contribution in [0.4, 0.5) is 25.8 Å². The van der Waals surface area contributed by atoms with Crippen molar-refractivity contribution in [2.75, 3.05) is 42.5 Å². The number of carbonyl (C=O) groups excluding carboxylic acids is 1. The van der Waals surface area contributed by atoms with Gasteiger partial charge in [0.1, 0.15) is 11.6 Å². The molecule has 0 saturated carbocycles. The average Bonchev–Trinajstić information content (AvgIpc) is 3.19. The van der Waals surface area contributed by atoms with Crippen molar-refractivity contribution >= 4 is 23.0 Å². The van der Waals surface area contributed by atoms with Crippen LogP contribution in [0.15, 0.2) is 42.5 Å². The maximum absolute atomic E-state index is 13.9. The largest absolute Gasteiger partial charge is 0.338 e. The Bertz CT molecular complexity index is 819. The third-order valence-corrected chi connectivity index (χ3v) is 5.35. The zero-order chi connectivity index (χ0) is 18.8. The molecule has 1 fully saturated rings. The van der Waals surface area contributed by atoms with Crippen LogP contribution >= 0.6 is 0 Å². The van der Waals surface area contributed by atoms with Crippen LogP contribution in [0, 0.1) is 11.6 Å². The summed E-state index contributed by atoms with van der Waals surface area (Å²) in [5.41, 5.74) is 2.13. The minimum absolute atomic E-state index is 0.0634. The fraction of sp³-hybridized carbons (Fsp3) is 0.381. The zero-order valence-corrected chi connectivity index (χ0v) is 15.2. The van der Waals surface area contributed by atoms with E-state index in [1.165, 1.54) is 37.1 Å². The van der Waals surface area contributed by atoms with E-state index in [0.717, 1.165) is 25.3 Å². The molecule has 0 unspecified atom stereocenters. The normalized spacial score (nSPS) is 17.3. The first-order chi connectivity index (χ1) is 13.1. The summed E-state index contributed by atoms with van der Waals surface area (Å²) < 4.78 is 27.2. The van der Waals surface area contributed by atoms with E-state index in [0.29, 0.717) is 30.9 Å². The Kier molecular flexibility index (Phi) is 5.07. The highest BCUT2D eigenvalue weighted by Gasteiger charge is 2.28. The second kappa shape index (κ2) is 7.64. The highest BCUT2D eigenvalue weighted by molar-refractivity contribution is 5.99. The molecule has 0 aromatic heterocycles. The van der Waals surface area contributed by atoms with Gasteiger partial charge in [0.05, 0.1) is 11.4 Å². The molecule has 0 aliphatic carbocycles. The molecule has 2 aliphatic heterocycles. The lowest BCUT2D eigenvalue weighted by Crippen LogP contribution is -2.43. The number of amides is 1. The summed E-state index contributed by atoms with van der Waals surface area (Å²) in [5.74, 6) is -0.602. The Morgan fingerprint density at radius 2 is 1.56 bits per heavy atom. The van der Waals surface area contributed by atoms with Crippen molar-refractivity contribution in [2.45, 2.75) is 19.3 Å². The zero-order valence-electron chi connectivity index (χ0n) is 15.2. The van der Waals surface area contributed by atoms with Crippen LogP contribution in [-0.2, 0) is 4.79 Å². The molecular weight excluding hydrogens is 348 g/mol. The molecule has 0 atom stereocenters. The summed E-state index contributed by atoms with van der Waals surface area (Å²) in [6, 6.07) is 10.6. The Labute approximate surface area is 158 Å². The number of hydrogen-bond donors (Lipinski definition) is 0. The summed E-state index contributed by atoms with van der Waals surface area (Å²) in [6.45, 7) is 3.96. The number of halogens is 2. The SMILES string of the molecule is O=C(CCN1CCCC1)N1CCN(c2ccc(F)cc2)c2cc(F)ccc21. The molecule has 0 spiro atoms. The molecule has 2 heterocycles. The van der Waals surface area contributed by atoms with Gasteiger partial charge in [-0.05, 0) is 68.4 Å². The monoisotopic (exact) mass is 371 g/mol. The smallest absolute Gasteiger partial charge is 0.228 e. The third-order valence-electron chi connectivity index (χ3n) is 5.35. The van der Waals surface area contributed by atoms with Crippen LogP contribution in [0.5, 0.6) is 0 Å². The Morgan fingerprint density at radius 3 is 2.30 bits per heavy atom. The van der Waals surface area contributed by atoms with Crippen molar-refractivity contribution in [2.24, 2.45) is 0 Å². The predicted molar refractivity (Wildman–Crippen MR) is 102 cm³/mol. The van der Waals surface area contributed by atoms with Gasteiger partial charge in [-0.15, -0.1) is 0 Å². The number of fused-ring (bicyclic) bond motifs is 1. The first-order valence-electron chi connectivity index (χ1n) is 9.47. The first-order valence-corrected chi connectivity index (χ1v) is 9.47. The van der Waals surface area contributed by atoms with Crippen molar-refractivity contribution in [1.82, 2.24) is 4.90 Å². The maximum Gasteiger partial charge on any atom is 0.228 e. The molecular formula is C21H23F2N3O. The minimum atomic E-state index is -0.354. The number of carbonyl (C=O) groups is 1. The number of nitrogens with zero attached hydrogens (tertiary/aromatic N) is 3. The van der Waals surface area contributed by atoms with E-state index >= 15 is 0 Å². The van der Waals surface area contributed by atoms with Crippen LogP contribution in [0.3, 0.4) is 0 Å². The Balaban J connectivity index is 1.57. The highest BCUT2D eigenvalue weighted by atomic mass is 19.1. The fourth-order valence-corrected chi connectivity index (χ4v) is 3.93. The van der Waals surface area contributed by atoms with Gasteiger partial charge in [-0.25, -0.2) is 8.78 Å². The van der Waals surface area contributed by atoms with Gasteiger partial charge in [0, 0.05) is 31.7 Å². The Morgan fingerprint density at radius 1 is 0.852 bits per heavy atom. The second-order valence-corrected chi connectivity index (χ2v) is 7.11. The van der Waals surface area contributed by atoms with Gasteiger partial charge in [0.15, 0.2) is 0 Å². The average molecular weight is 371 g/mol. The van der Waals surface area contributed by atoms with E-state index in [2.05, 4.69) is 4.90 Å². The number of anilines is 3. The van der Waals surface area contributed by atoms with Crippen molar-refractivity contribution < 1.29 is 13.6 Å². The van der Waals surface area contributed by atoms with Crippen LogP contribution in [0.2, 0.25) is 0 Å². The quantitative estimate of drug-likeness (QED) is 0.815. The van der Waals surface area contributed by atoms with Crippen LogP contribution in [0.25, 0.3) is 0 Å². The van der Waals surface area contributed by atoms with E-state index in [-0.39, 0.29) is 17.5 Å². The molecule has 6 heteroatoms. The molecule has 0 N–H and O–H groups in total. The van der Waals surface area contributed by atoms with E-state index in [4.69, 9.17) is 0 Å². The summed E-state index contributed by atoms with van der Waals surface area (Å²) in [7, 11) is 0. The Hall–Kier alpha value is -2.47. The summed E-state index contributed by atoms with van der Waals surface area (Å²) in [5, 5.41) is 0. The number of hydrogen-bond acceptors (Lipinski definition) is 3. The summed E-state index contributed by atoms with van der Waals surface area (Å²) in [4.78, 5) is 18.8. The summed E-state index contributed by atoms with van der Waals surface area (Å²) >= 11 is 0. The topological polar surface area (TPSA) is 26.8 Å². The van der Waals surface area contributed by atoms with Gasteiger partial charge in [0.25, 0.3) is 0 Å². The molecule has 142 valence electrons. The fourth-order valence-electron chi connectivity index (χ4n) is 3.93. The van der Waals surface area contributed by atoms with E-state index in [9.17, 15) is 13.6 Å². The maximum atomic E-state index is 13.9. The molecule has 2 aromatic rings. The van der Waals surface area contributed by atoms with Gasteiger partial charge in [-0.3, -0.25) is 4.79 Å². The third kappa shape index (κ3) is 3.81. The van der Waals surface area contributed by atoms with Crippen molar-refractivity contribution in [3.63, 3.8) is 0 Å². The van der Waals surface area contributed by atoms with E-state index < -0.39 is 0 Å². The van der Waals surface area contributed by atoms with Gasteiger partial charge in [0.2, 0.25) is 5.91 Å². The van der Waals surface area contributed by atoms with Crippen molar-refractivity contribution in [3.8, 4) is 0 Å². The second-order valence-electron chi connectivity index (χ2n) is 7.11. The van der Waals surface area contributed by atoms with Crippen LogP contribution in [0.1, 0.15) is 19.3 Å². The van der Waals surface area contributed by atoms with Crippen molar-refractivity contribution in [1.29, 1.82) is 0 Å². The lowest BCUT2D eigenvalue weighted by atomic mass is 10.1. The molecule has 1 saturated heterocycles. The molecule has 0 radical (unpaired) electrons. The lowest BCUT2D eigenvalue weighted by molar-refractivity contribution is -0.118. The first kappa shape index (κ1) is 17.9. The highest BCUT2D eigenvalue weighted by Crippen LogP contribution is 2.38. The number of likely N-dealkylation sites (tertiary alicyclic amines) is 1. The number of benzene rings is 2. The van der Waals surface area contributed by atoms with Crippen LogP contribution in [-0.4, -0.2) is 43.5 Å². The predicted octanol–water partition coefficient (Wildman–Crippen LogP) is 3.94. The van der Waals surface area contributed by atoms with Crippen LogP contribution < -0.4 is 9.80 Å². The molecule has 1 amide bonds. The molecule has 4 nitrogen and oxygen atoms in total. The van der Waals surface area contributed by atoms with E-state index in [1.54, 1.807) is 23.1 Å². The van der Waals surface area contributed by atoms with Crippen molar-refractivity contribution in [3.05, 3.63) is 54.1 Å². The van der Waals surface area contributed by atoms with E-state index in [1.807, 2.05) is 4.90 Å². The van der Waals surface area contributed by atoms with Gasteiger partial charge in [-0.1, -0.05) is 0 Å². The van der Waals surface area contributed by atoms with Gasteiger partial charge < -0.3 is 14.7 Å². The lowest BCUT2D eigenvalue weighted by Gasteiger charge is -2.38. The molecule has 2 aliphatic rings. The summed E-state index contributed by atoms with van der Waals surface area (Å²) in [6.07, 6.45) is 2.87. The molecule has 0 bridgehead atoms. The molecule has 2 aromatic carbocycles. The van der Waals surface area contributed by atoms with Gasteiger partial charge in [-0.2, -0.15) is 0 Å². The molecule has 27 heavy (non-hydrogen) atoms.